The van der Waals surface area contributed by atoms with Crippen LogP contribution in [-0.2, 0) is 14.0 Å². The van der Waals surface area contributed by atoms with Crippen molar-refractivity contribution in [3.05, 3.63) is 0 Å². The van der Waals surface area contributed by atoms with Crippen molar-refractivity contribution in [1.29, 1.82) is 0 Å². The van der Waals surface area contributed by atoms with Crippen molar-refractivity contribution < 1.29 is 93.0 Å². The Morgan fingerprint density at radius 1 is 0.387 bits per heavy atom. The SMILES string of the molecule is FC(F)[C@](F)(OB(O[C@@](F)(C(F)F)C(F)(F)F)O[C@](F)(C(F)F)C(F)(F)F)C(F)(F)F. The van der Waals surface area contributed by atoms with Crippen LogP contribution in [0.15, 0.2) is 0 Å². The average Bonchev–Trinajstić information content (AvgIpc) is 2.50. The van der Waals surface area contributed by atoms with Crippen LogP contribution in [0, 0.1) is 0 Å². The largest absolute Gasteiger partial charge is 0.647 e. The maximum Gasteiger partial charge on any atom is 0.647 e. The van der Waals surface area contributed by atoms with Crippen molar-refractivity contribution in [2.75, 3.05) is 0 Å². The maximum atomic E-state index is 13.4. The highest BCUT2D eigenvalue weighted by atomic mass is 19.4. The Balaban J connectivity index is 6.58. The first-order valence-electron chi connectivity index (χ1n) is 6.51. The molecule has 0 amide bonds. The zero-order chi connectivity index (χ0) is 25.4. The number of halogens is 18. The standard InChI is InChI=1S/C9H3BF18O3/c11-1(12)4(17,7(20,21)22)29-10(30-5(18,2(13)14)8(23,24)25)31-6(19,3(15)16)9(26,27)28/h1-3H/t4-,5-,6+/m0/s1. The lowest BCUT2D eigenvalue weighted by Gasteiger charge is -2.36. The first-order chi connectivity index (χ1) is 13.4. The van der Waals surface area contributed by atoms with Crippen molar-refractivity contribution in [1.82, 2.24) is 0 Å². The topological polar surface area (TPSA) is 27.7 Å². The Kier molecular flexibility index (Phi) is 8.53. The van der Waals surface area contributed by atoms with E-state index in [1.54, 1.807) is 0 Å². The minimum atomic E-state index is -7.18. The van der Waals surface area contributed by atoms with Crippen LogP contribution in [0.1, 0.15) is 0 Å². The fourth-order valence-electron chi connectivity index (χ4n) is 1.22. The molecule has 0 aromatic carbocycles. The molecule has 0 aliphatic carbocycles. The lowest BCUT2D eigenvalue weighted by molar-refractivity contribution is -0.391. The second kappa shape index (κ2) is 8.91. The normalized spacial score (nSPS) is 20.0. The highest BCUT2D eigenvalue weighted by Gasteiger charge is 2.74. The number of alkyl halides is 18. The molecule has 3 atom stereocenters. The molecule has 0 radical (unpaired) electrons. The fraction of sp³-hybridized carbons (Fsp3) is 1.00. The molecule has 0 aliphatic heterocycles. The van der Waals surface area contributed by atoms with E-state index < -0.39 is 62.7 Å². The van der Waals surface area contributed by atoms with Crippen LogP contribution in [0.2, 0.25) is 0 Å². The van der Waals surface area contributed by atoms with E-state index in [4.69, 9.17) is 0 Å². The van der Waals surface area contributed by atoms with E-state index in [-0.39, 0.29) is 0 Å². The second-order valence-corrected chi connectivity index (χ2v) is 4.97. The van der Waals surface area contributed by atoms with Crippen molar-refractivity contribution in [2.24, 2.45) is 0 Å². The van der Waals surface area contributed by atoms with Crippen LogP contribution in [0.25, 0.3) is 0 Å². The van der Waals surface area contributed by atoms with Gasteiger partial charge in [0.2, 0.25) is 0 Å². The van der Waals surface area contributed by atoms with Gasteiger partial charge in [0.1, 0.15) is 0 Å². The molecule has 0 aromatic rings. The van der Waals surface area contributed by atoms with Crippen LogP contribution in [0.4, 0.5) is 79.0 Å². The quantitative estimate of drug-likeness (QED) is 0.302. The van der Waals surface area contributed by atoms with Gasteiger partial charge in [-0.25, -0.2) is 26.3 Å². The van der Waals surface area contributed by atoms with Gasteiger partial charge in [-0.05, 0) is 0 Å². The highest BCUT2D eigenvalue weighted by Crippen LogP contribution is 2.47. The first-order valence-corrected chi connectivity index (χ1v) is 6.51. The summed E-state index contributed by atoms with van der Waals surface area (Å²) in [5.74, 6) is -20.5. The predicted molar refractivity (Wildman–Crippen MR) is 56.7 cm³/mol. The van der Waals surface area contributed by atoms with Crippen LogP contribution in [-0.4, -0.2) is 62.7 Å². The smallest absolute Gasteiger partial charge is 0.341 e. The molecule has 0 aromatic heterocycles. The molecular weight excluding hydrogens is 509 g/mol. The number of hydrogen-bond donors (Lipinski definition) is 0. The summed E-state index contributed by atoms with van der Waals surface area (Å²) in [5.41, 5.74) is 0. The van der Waals surface area contributed by atoms with Crippen molar-refractivity contribution in [3.63, 3.8) is 0 Å². The van der Waals surface area contributed by atoms with Gasteiger partial charge in [0.05, 0.1) is 0 Å². The molecule has 0 fully saturated rings. The van der Waals surface area contributed by atoms with Gasteiger partial charge in [0.15, 0.2) is 0 Å². The molecule has 0 heterocycles. The van der Waals surface area contributed by atoms with E-state index in [0.717, 1.165) is 0 Å². The maximum absolute atomic E-state index is 13.4. The van der Waals surface area contributed by atoms with Crippen molar-refractivity contribution in [3.8, 4) is 0 Å². The molecule has 0 N–H and O–H groups in total. The van der Waals surface area contributed by atoms with Crippen LogP contribution >= 0.6 is 0 Å². The Bertz CT molecular complexity index is 508. The molecule has 0 unspecified atom stereocenters. The van der Waals surface area contributed by atoms with Gasteiger partial charge >= 0.3 is 62.7 Å². The predicted octanol–water partition coefficient (Wildman–Crippen LogP) is 5.50. The Labute approximate surface area is 157 Å². The molecule has 31 heavy (non-hydrogen) atoms. The summed E-state index contributed by atoms with van der Waals surface area (Å²) in [6.07, 6.45) is -38.6. The van der Waals surface area contributed by atoms with E-state index in [0.29, 0.717) is 0 Å². The van der Waals surface area contributed by atoms with Crippen molar-refractivity contribution >= 4 is 7.32 Å². The van der Waals surface area contributed by atoms with E-state index in [1.807, 2.05) is 0 Å². The Morgan fingerprint density at radius 2 is 0.548 bits per heavy atom. The van der Waals surface area contributed by atoms with Crippen LogP contribution < -0.4 is 0 Å². The van der Waals surface area contributed by atoms with Crippen LogP contribution in [0.5, 0.6) is 0 Å². The Hall–Kier alpha value is -1.32. The lowest BCUT2D eigenvalue weighted by atomic mass is 10.1. The van der Waals surface area contributed by atoms with E-state index in [2.05, 4.69) is 14.0 Å². The summed E-state index contributed by atoms with van der Waals surface area (Å²) in [5, 5.41) is 0. The lowest BCUT2D eigenvalue weighted by Crippen LogP contribution is -2.62. The molecule has 0 saturated carbocycles. The molecule has 0 bridgehead atoms. The first kappa shape index (κ1) is 29.7. The average molecular weight is 512 g/mol. The molecule has 0 spiro atoms. The van der Waals surface area contributed by atoms with Gasteiger partial charge < -0.3 is 14.0 Å². The summed E-state index contributed by atoms with van der Waals surface area (Å²) in [6, 6.07) is 0. The fourth-order valence-corrected chi connectivity index (χ4v) is 1.22. The monoisotopic (exact) mass is 512 g/mol. The molecule has 22 heteroatoms. The molecule has 3 nitrogen and oxygen atoms in total. The summed E-state index contributed by atoms with van der Waals surface area (Å²) in [4.78, 5) is 0. The van der Waals surface area contributed by atoms with Gasteiger partial charge in [-0.15, -0.1) is 0 Å². The number of hydrogen-bond acceptors (Lipinski definition) is 3. The number of rotatable bonds is 9. The van der Waals surface area contributed by atoms with Gasteiger partial charge in [0.25, 0.3) is 0 Å². The van der Waals surface area contributed by atoms with Gasteiger partial charge in [-0.1, -0.05) is 0 Å². The zero-order valence-electron chi connectivity index (χ0n) is 13.3. The third kappa shape index (κ3) is 5.93. The molecule has 0 aliphatic rings. The van der Waals surface area contributed by atoms with Gasteiger partial charge in [0, 0.05) is 0 Å². The summed E-state index contributed by atoms with van der Waals surface area (Å²) >= 11 is 0. The summed E-state index contributed by atoms with van der Waals surface area (Å²) < 4.78 is 232. The summed E-state index contributed by atoms with van der Waals surface area (Å²) in [7, 11) is -5.50. The van der Waals surface area contributed by atoms with Gasteiger partial charge in [-0.3, -0.25) is 0 Å². The molecule has 186 valence electrons. The van der Waals surface area contributed by atoms with Crippen molar-refractivity contribution in [2.45, 2.75) is 55.4 Å². The second-order valence-electron chi connectivity index (χ2n) is 4.97. The molecule has 0 saturated heterocycles. The van der Waals surface area contributed by atoms with E-state index in [1.165, 1.54) is 0 Å². The zero-order valence-corrected chi connectivity index (χ0v) is 13.3. The van der Waals surface area contributed by atoms with Crippen LogP contribution in [0.3, 0.4) is 0 Å². The minimum absolute atomic E-state index is 2.21. The minimum Gasteiger partial charge on any atom is -0.341 e. The van der Waals surface area contributed by atoms with E-state index in [9.17, 15) is 79.0 Å². The van der Waals surface area contributed by atoms with Gasteiger partial charge in [-0.2, -0.15) is 52.7 Å². The molecule has 0 rings (SSSR count). The third-order valence-corrected chi connectivity index (χ3v) is 2.80. The molecular formula is C9H3BF18O3. The highest BCUT2D eigenvalue weighted by molar-refractivity contribution is 6.37. The third-order valence-electron chi connectivity index (χ3n) is 2.80. The Morgan fingerprint density at radius 3 is 0.645 bits per heavy atom. The van der Waals surface area contributed by atoms with E-state index >= 15 is 0 Å². The summed E-state index contributed by atoms with van der Waals surface area (Å²) in [6.45, 7) is 0.